The summed E-state index contributed by atoms with van der Waals surface area (Å²) in [6.07, 6.45) is 10.1. The normalized spacial score (nSPS) is 19.9. The summed E-state index contributed by atoms with van der Waals surface area (Å²) in [5.41, 5.74) is 2.78. The summed E-state index contributed by atoms with van der Waals surface area (Å²) in [7, 11) is 0. The van der Waals surface area contributed by atoms with Crippen LogP contribution in [0.1, 0.15) is 75.8 Å². The minimum atomic E-state index is -0.504. The maximum Gasteiger partial charge on any atom is 0.246 e. The van der Waals surface area contributed by atoms with E-state index >= 15 is 0 Å². The number of hydrogen-bond donors (Lipinski definition) is 2. The molecule has 0 radical (unpaired) electrons. The molecule has 1 aliphatic carbocycles. The first-order valence-electron chi connectivity index (χ1n) is 14.1. The van der Waals surface area contributed by atoms with Crippen LogP contribution in [0.15, 0.2) is 42.6 Å². The van der Waals surface area contributed by atoms with Crippen LogP contribution in [0.2, 0.25) is 0 Å². The molecule has 2 aliphatic rings. The van der Waals surface area contributed by atoms with Crippen LogP contribution >= 0.6 is 11.3 Å². The van der Waals surface area contributed by atoms with Crippen molar-refractivity contribution >= 4 is 33.4 Å². The van der Waals surface area contributed by atoms with Crippen LogP contribution < -0.4 is 5.32 Å². The molecular formula is C30H38N4O3S. The number of rotatable bonds is 9. The van der Waals surface area contributed by atoms with Gasteiger partial charge in [0, 0.05) is 30.8 Å². The number of nitrogens with one attached hydrogen (secondary N) is 1. The molecule has 7 nitrogen and oxygen atoms in total. The van der Waals surface area contributed by atoms with E-state index in [1.54, 1.807) is 11.3 Å². The predicted molar refractivity (Wildman–Crippen MR) is 151 cm³/mol. The van der Waals surface area contributed by atoms with Crippen molar-refractivity contribution in [3.63, 3.8) is 0 Å². The molecule has 0 unspecified atom stereocenters. The van der Waals surface area contributed by atoms with Gasteiger partial charge in [-0.2, -0.15) is 0 Å². The van der Waals surface area contributed by atoms with E-state index in [0.29, 0.717) is 19.4 Å². The topological polar surface area (TPSA) is 95.4 Å². The van der Waals surface area contributed by atoms with Gasteiger partial charge in [-0.05, 0) is 50.5 Å². The van der Waals surface area contributed by atoms with E-state index in [1.165, 1.54) is 6.42 Å². The molecule has 3 atom stereocenters. The van der Waals surface area contributed by atoms with Crippen molar-refractivity contribution < 1.29 is 14.7 Å². The first-order chi connectivity index (χ1) is 18.6. The molecule has 3 aromatic rings. The second-order valence-electron chi connectivity index (χ2n) is 10.8. The minimum Gasteiger partial charge on any atom is -0.396 e. The maximum atomic E-state index is 14.1. The Balaban J connectivity index is 1.40. The van der Waals surface area contributed by atoms with Gasteiger partial charge in [0.15, 0.2) is 0 Å². The molecule has 2 fully saturated rings. The van der Waals surface area contributed by atoms with Crippen molar-refractivity contribution in [2.75, 3.05) is 13.2 Å². The van der Waals surface area contributed by atoms with E-state index in [-0.39, 0.29) is 36.3 Å². The van der Waals surface area contributed by atoms with Crippen LogP contribution in [0.5, 0.6) is 0 Å². The number of pyridine rings is 1. The highest BCUT2D eigenvalue weighted by Gasteiger charge is 2.40. The van der Waals surface area contributed by atoms with Gasteiger partial charge in [-0.1, -0.05) is 56.5 Å². The third-order valence-corrected chi connectivity index (χ3v) is 9.24. The molecule has 5 rings (SSSR count). The Morgan fingerprint density at radius 1 is 1.11 bits per heavy atom. The van der Waals surface area contributed by atoms with Crippen LogP contribution in [-0.2, 0) is 9.59 Å². The number of aromatic nitrogens is 2. The van der Waals surface area contributed by atoms with E-state index < -0.39 is 6.04 Å². The number of amides is 2. The van der Waals surface area contributed by atoms with E-state index in [9.17, 15) is 14.7 Å². The molecule has 8 heteroatoms. The number of carbonyl (C=O) groups is 2. The number of aliphatic hydroxyl groups excluding tert-OH is 1. The molecule has 1 saturated heterocycles. The van der Waals surface area contributed by atoms with Gasteiger partial charge in [-0.25, -0.2) is 4.98 Å². The Morgan fingerprint density at radius 3 is 2.66 bits per heavy atom. The lowest BCUT2D eigenvalue weighted by Gasteiger charge is -2.35. The average molecular weight is 535 g/mol. The summed E-state index contributed by atoms with van der Waals surface area (Å²) in [5, 5.41) is 13.3. The third kappa shape index (κ3) is 5.76. The number of fused-ring (bicyclic) bond motifs is 1. The molecule has 3 heterocycles. The quantitative estimate of drug-likeness (QED) is 0.378. The Hall–Kier alpha value is -2.84. The van der Waals surface area contributed by atoms with Gasteiger partial charge in [0.2, 0.25) is 11.8 Å². The smallest absolute Gasteiger partial charge is 0.246 e. The van der Waals surface area contributed by atoms with Crippen molar-refractivity contribution in [3.05, 3.63) is 47.6 Å². The van der Waals surface area contributed by atoms with E-state index in [4.69, 9.17) is 4.98 Å². The summed E-state index contributed by atoms with van der Waals surface area (Å²) in [4.78, 5) is 38.9. The van der Waals surface area contributed by atoms with Gasteiger partial charge in [-0.15, -0.1) is 11.3 Å². The number of likely N-dealkylation sites (tertiary alicyclic amines) is 1. The van der Waals surface area contributed by atoms with Gasteiger partial charge < -0.3 is 15.3 Å². The largest absolute Gasteiger partial charge is 0.396 e. The molecule has 0 spiro atoms. The van der Waals surface area contributed by atoms with Crippen LogP contribution in [0.3, 0.4) is 0 Å². The molecule has 2 amide bonds. The van der Waals surface area contributed by atoms with Gasteiger partial charge in [0.05, 0.1) is 16.4 Å². The van der Waals surface area contributed by atoms with Gasteiger partial charge in [0.25, 0.3) is 0 Å². The molecule has 38 heavy (non-hydrogen) atoms. The Bertz CT molecular complexity index is 1240. The average Bonchev–Trinajstić information content (AvgIpc) is 3.62. The number of benzene rings is 1. The van der Waals surface area contributed by atoms with Gasteiger partial charge in [-0.3, -0.25) is 14.6 Å². The molecule has 1 aromatic carbocycles. The first-order valence-corrected chi connectivity index (χ1v) is 14.9. The molecular weight excluding hydrogens is 496 g/mol. The fourth-order valence-electron chi connectivity index (χ4n) is 5.96. The molecule has 0 bridgehead atoms. The maximum absolute atomic E-state index is 14.1. The predicted octanol–water partition coefficient (Wildman–Crippen LogP) is 5.50. The van der Waals surface area contributed by atoms with E-state index in [2.05, 4.69) is 10.3 Å². The molecule has 1 saturated carbocycles. The van der Waals surface area contributed by atoms with Crippen LogP contribution in [0.4, 0.5) is 0 Å². The van der Waals surface area contributed by atoms with Gasteiger partial charge in [0.1, 0.15) is 16.6 Å². The second kappa shape index (κ2) is 12.3. The Kier molecular flexibility index (Phi) is 8.69. The van der Waals surface area contributed by atoms with Crippen molar-refractivity contribution in [1.82, 2.24) is 20.2 Å². The third-order valence-electron chi connectivity index (χ3n) is 8.12. The van der Waals surface area contributed by atoms with Crippen molar-refractivity contribution in [1.29, 1.82) is 0 Å². The van der Waals surface area contributed by atoms with E-state index in [0.717, 1.165) is 65.0 Å². The molecule has 1 aliphatic heterocycles. The number of aliphatic hydroxyl groups is 1. The zero-order valence-corrected chi connectivity index (χ0v) is 23.0. The lowest BCUT2D eigenvalue weighted by Crippen LogP contribution is -2.53. The molecule has 2 aromatic heterocycles. The highest BCUT2D eigenvalue weighted by molar-refractivity contribution is 7.18. The SMILES string of the molecule is C[C@@H](CCCO)C(=O)N[C@H](C(=O)N1CCC[C@H]1c1nc2c(-c3ccccc3)nccc2s1)C1CCCCC1. The lowest BCUT2D eigenvalue weighted by molar-refractivity contribution is -0.140. The molecule has 202 valence electrons. The van der Waals surface area contributed by atoms with Gasteiger partial charge >= 0.3 is 0 Å². The Labute approximate surface area is 228 Å². The summed E-state index contributed by atoms with van der Waals surface area (Å²) in [6, 6.07) is 11.5. The van der Waals surface area contributed by atoms with Crippen molar-refractivity contribution in [2.24, 2.45) is 11.8 Å². The number of carbonyl (C=O) groups excluding carboxylic acids is 2. The fourth-order valence-corrected chi connectivity index (χ4v) is 7.07. The number of thiazole rings is 1. The first kappa shape index (κ1) is 26.8. The summed E-state index contributed by atoms with van der Waals surface area (Å²) in [5.74, 6) is -0.126. The van der Waals surface area contributed by atoms with Crippen LogP contribution in [0.25, 0.3) is 21.5 Å². The number of nitrogens with zero attached hydrogens (tertiary/aromatic N) is 3. The number of hydrogen-bond acceptors (Lipinski definition) is 6. The fraction of sp³-hybridized carbons (Fsp3) is 0.533. The van der Waals surface area contributed by atoms with Crippen molar-refractivity contribution in [3.8, 4) is 11.3 Å². The Morgan fingerprint density at radius 2 is 1.89 bits per heavy atom. The standard InChI is InChI=1S/C30H38N4O3S/c1-20(10-9-19-35)28(36)32-26(22-13-6-3-7-14-22)30(37)34-18-8-15-23(34)29-33-27-24(38-29)16-17-31-25(27)21-11-4-2-5-12-21/h2,4-5,11-12,16-17,20,22-23,26,35H,3,6-10,13-15,18-19H2,1H3,(H,32,36)/t20-,23-,26-/m0/s1. The van der Waals surface area contributed by atoms with Crippen molar-refractivity contribution in [2.45, 2.75) is 76.8 Å². The summed E-state index contributed by atoms with van der Waals surface area (Å²) in [6.45, 7) is 2.63. The monoisotopic (exact) mass is 534 g/mol. The van der Waals surface area contributed by atoms with Crippen LogP contribution in [0, 0.1) is 11.8 Å². The minimum absolute atomic E-state index is 0.0303. The molecule has 2 N–H and O–H groups in total. The van der Waals surface area contributed by atoms with Crippen LogP contribution in [-0.4, -0.2) is 51.0 Å². The summed E-state index contributed by atoms with van der Waals surface area (Å²) < 4.78 is 1.07. The van der Waals surface area contributed by atoms with E-state index in [1.807, 2.05) is 54.4 Å². The zero-order chi connectivity index (χ0) is 26.5. The summed E-state index contributed by atoms with van der Waals surface area (Å²) >= 11 is 1.64. The highest BCUT2D eigenvalue weighted by atomic mass is 32.1. The lowest BCUT2D eigenvalue weighted by atomic mass is 9.83. The second-order valence-corrected chi connectivity index (χ2v) is 11.8. The highest BCUT2D eigenvalue weighted by Crippen LogP contribution is 2.39. The zero-order valence-electron chi connectivity index (χ0n) is 22.1.